The zero-order valence-corrected chi connectivity index (χ0v) is 9.74. The Bertz CT molecular complexity index is 327. The maximum Gasteiger partial charge on any atom is 0.0551 e. The highest BCUT2D eigenvalue weighted by atomic mass is 79.9. The number of nitrogens with two attached hydrogens (primary N) is 1. The van der Waals surface area contributed by atoms with Gasteiger partial charge in [0.2, 0.25) is 0 Å². The fraction of sp³-hybridized carbons (Fsp3) is 0.400. The van der Waals surface area contributed by atoms with E-state index in [-0.39, 0.29) is 5.54 Å². The Morgan fingerprint density at radius 2 is 1.92 bits per heavy atom. The summed E-state index contributed by atoms with van der Waals surface area (Å²) in [5, 5.41) is 0.774. The lowest BCUT2D eigenvalue weighted by Crippen LogP contribution is -2.36. The maximum atomic E-state index is 6.07. The predicted molar refractivity (Wildman–Crippen MR) is 59.2 cm³/mol. The summed E-state index contributed by atoms with van der Waals surface area (Å²) in [6, 6.07) is 4.09. The van der Waals surface area contributed by atoms with Crippen molar-refractivity contribution in [3.05, 3.63) is 32.8 Å². The number of rotatable bonds is 0. The number of fused-ring (bicyclic) bond motifs is 1. The van der Waals surface area contributed by atoms with Crippen LogP contribution in [0.4, 0.5) is 0 Å². The molecule has 1 aromatic carbocycles. The van der Waals surface area contributed by atoms with Crippen LogP contribution in [0.15, 0.2) is 16.6 Å². The first-order chi connectivity index (χ1) is 5.98. The molecule has 1 aliphatic rings. The second-order valence-electron chi connectivity index (χ2n) is 4.04. The molecule has 1 aromatic rings. The van der Waals surface area contributed by atoms with Crippen molar-refractivity contribution in [1.82, 2.24) is 0 Å². The quantitative estimate of drug-likeness (QED) is 0.763. The molecule has 0 amide bonds. The summed E-state index contributed by atoms with van der Waals surface area (Å²) in [7, 11) is 0. The average Bonchev–Trinajstić information content (AvgIpc) is 2.24. The highest BCUT2D eigenvalue weighted by Gasteiger charge is 2.29. The normalized spacial score (nSPS) is 26.2. The first-order valence-corrected chi connectivity index (χ1v) is 5.41. The Hall–Kier alpha value is -0.0500. The van der Waals surface area contributed by atoms with Gasteiger partial charge < -0.3 is 5.73 Å². The van der Waals surface area contributed by atoms with Crippen LogP contribution in [0.25, 0.3) is 0 Å². The molecule has 13 heavy (non-hydrogen) atoms. The molecule has 0 saturated heterocycles. The maximum absolute atomic E-state index is 6.07. The van der Waals surface area contributed by atoms with Crippen molar-refractivity contribution in [3.63, 3.8) is 0 Å². The summed E-state index contributed by atoms with van der Waals surface area (Å²) in [5.74, 6) is 0. The SMILES string of the molecule is CC1(N)Cc2cc(Cl)c(Br)cc2C1. The monoisotopic (exact) mass is 259 g/mol. The van der Waals surface area contributed by atoms with Gasteiger partial charge in [-0.3, -0.25) is 0 Å². The van der Waals surface area contributed by atoms with E-state index in [1.165, 1.54) is 11.1 Å². The molecular formula is C10H11BrClN. The van der Waals surface area contributed by atoms with Gasteiger partial charge in [0.1, 0.15) is 0 Å². The summed E-state index contributed by atoms with van der Waals surface area (Å²) >= 11 is 9.41. The lowest BCUT2D eigenvalue weighted by Gasteiger charge is -2.15. The van der Waals surface area contributed by atoms with Crippen LogP contribution in [0.1, 0.15) is 18.1 Å². The molecule has 0 aromatic heterocycles. The standard InChI is InChI=1S/C10H11BrClN/c1-10(13)4-6-2-8(11)9(12)3-7(6)5-10/h2-3H,4-5,13H2,1H3. The van der Waals surface area contributed by atoms with Crippen LogP contribution >= 0.6 is 27.5 Å². The summed E-state index contributed by atoms with van der Waals surface area (Å²) in [6.45, 7) is 2.08. The van der Waals surface area contributed by atoms with Gasteiger partial charge in [0.15, 0.2) is 0 Å². The number of benzene rings is 1. The Morgan fingerprint density at radius 3 is 2.54 bits per heavy atom. The largest absolute Gasteiger partial charge is 0.325 e. The second kappa shape index (κ2) is 2.97. The summed E-state index contributed by atoms with van der Waals surface area (Å²) in [4.78, 5) is 0. The molecule has 2 N–H and O–H groups in total. The molecule has 1 atom stereocenters. The Morgan fingerprint density at radius 1 is 1.38 bits per heavy atom. The number of halogens is 2. The first-order valence-electron chi connectivity index (χ1n) is 4.24. The van der Waals surface area contributed by atoms with E-state index in [1.54, 1.807) is 0 Å². The molecule has 0 spiro atoms. The van der Waals surface area contributed by atoms with E-state index in [2.05, 4.69) is 28.9 Å². The van der Waals surface area contributed by atoms with E-state index in [1.807, 2.05) is 6.07 Å². The average molecular weight is 261 g/mol. The van der Waals surface area contributed by atoms with Gasteiger partial charge in [-0.15, -0.1) is 0 Å². The van der Waals surface area contributed by atoms with E-state index in [0.29, 0.717) is 0 Å². The topological polar surface area (TPSA) is 26.0 Å². The summed E-state index contributed by atoms with van der Waals surface area (Å²) in [5.41, 5.74) is 8.59. The molecule has 0 radical (unpaired) electrons. The van der Waals surface area contributed by atoms with Crippen molar-refractivity contribution in [2.45, 2.75) is 25.3 Å². The van der Waals surface area contributed by atoms with Crippen molar-refractivity contribution >= 4 is 27.5 Å². The van der Waals surface area contributed by atoms with Crippen molar-refractivity contribution in [2.75, 3.05) is 0 Å². The lowest BCUT2D eigenvalue weighted by atomic mass is 10.0. The summed E-state index contributed by atoms with van der Waals surface area (Å²) < 4.78 is 0.964. The highest BCUT2D eigenvalue weighted by molar-refractivity contribution is 9.10. The smallest absolute Gasteiger partial charge is 0.0551 e. The van der Waals surface area contributed by atoms with Gasteiger partial charge in [0, 0.05) is 10.0 Å². The van der Waals surface area contributed by atoms with Crippen LogP contribution in [0.5, 0.6) is 0 Å². The van der Waals surface area contributed by atoms with E-state index in [0.717, 1.165) is 22.3 Å². The zero-order chi connectivity index (χ0) is 9.64. The van der Waals surface area contributed by atoms with Crippen molar-refractivity contribution in [2.24, 2.45) is 5.73 Å². The van der Waals surface area contributed by atoms with Crippen molar-refractivity contribution < 1.29 is 0 Å². The van der Waals surface area contributed by atoms with E-state index in [9.17, 15) is 0 Å². The minimum Gasteiger partial charge on any atom is -0.325 e. The third kappa shape index (κ3) is 1.76. The molecule has 1 aliphatic carbocycles. The van der Waals surface area contributed by atoms with Crippen LogP contribution in [0.3, 0.4) is 0 Å². The van der Waals surface area contributed by atoms with E-state index in [4.69, 9.17) is 17.3 Å². The number of hydrogen-bond donors (Lipinski definition) is 1. The van der Waals surface area contributed by atoms with E-state index >= 15 is 0 Å². The van der Waals surface area contributed by atoms with Gasteiger partial charge in [-0.1, -0.05) is 11.6 Å². The van der Waals surface area contributed by atoms with Crippen LogP contribution in [-0.4, -0.2) is 5.54 Å². The van der Waals surface area contributed by atoms with E-state index < -0.39 is 0 Å². The van der Waals surface area contributed by atoms with Gasteiger partial charge in [-0.05, 0) is 59.0 Å². The van der Waals surface area contributed by atoms with Crippen molar-refractivity contribution in [3.8, 4) is 0 Å². The van der Waals surface area contributed by atoms with Crippen molar-refractivity contribution in [1.29, 1.82) is 0 Å². The fourth-order valence-electron chi connectivity index (χ4n) is 1.89. The van der Waals surface area contributed by atoms with Crippen LogP contribution < -0.4 is 5.73 Å². The van der Waals surface area contributed by atoms with Gasteiger partial charge in [0.25, 0.3) is 0 Å². The Kier molecular flexibility index (Phi) is 2.17. The second-order valence-corrected chi connectivity index (χ2v) is 5.30. The van der Waals surface area contributed by atoms with Crippen LogP contribution in [-0.2, 0) is 12.8 Å². The molecule has 0 bridgehead atoms. The molecule has 0 aliphatic heterocycles. The summed E-state index contributed by atoms with van der Waals surface area (Å²) in [6.07, 6.45) is 1.87. The molecular weight excluding hydrogens is 249 g/mol. The van der Waals surface area contributed by atoms with Gasteiger partial charge in [-0.25, -0.2) is 0 Å². The third-order valence-electron chi connectivity index (χ3n) is 2.43. The van der Waals surface area contributed by atoms with Gasteiger partial charge >= 0.3 is 0 Å². The van der Waals surface area contributed by atoms with Gasteiger partial charge in [-0.2, -0.15) is 0 Å². The third-order valence-corrected chi connectivity index (χ3v) is 3.63. The molecule has 70 valence electrons. The first kappa shape index (κ1) is 9.50. The molecule has 0 fully saturated rings. The predicted octanol–water partition coefficient (Wildman–Crippen LogP) is 2.92. The Balaban J connectivity index is 2.48. The van der Waals surface area contributed by atoms with Crippen LogP contribution in [0, 0.1) is 0 Å². The molecule has 1 unspecified atom stereocenters. The Labute approximate surface area is 91.4 Å². The minimum atomic E-state index is -0.0908. The highest BCUT2D eigenvalue weighted by Crippen LogP contribution is 2.34. The molecule has 1 nitrogen and oxygen atoms in total. The molecule has 3 heteroatoms. The zero-order valence-electron chi connectivity index (χ0n) is 7.40. The number of hydrogen-bond acceptors (Lipinski definition) is 1. The molecule has 2 rings (SSSR count). The minimum absolute atomic E-state index is 0.0908. The lowest BCUT2D eigenvalue weighted by molar-refractivity contribution is 0.499. The fourth-order valence-corrected chi connectivity index (χ4v) is 2.47. The molecule has 0 saturated carbocycles. The van der Waals surface area contributed by atoms with Crippen LogP contribution in [0.2, 0.25) is 5.02 Å². The van der Waals surface area contributed by atoms with Gasteiger partial charge in [0.05, 0.1) is 5.02 Å². The molecule has 0 heterocycles.